The highest BCUT2D eigenvalue weighted by molar-refractivity contribution is 7.89. The van der Waals surface area contributed by atoms with E-state index < -0.39 is 39.6 Å². The van der Waals surface area contributed by atoms with Crippen molar-refractivity contribution in [3.05, 3.63) is 47.9 Å². The number of hydrogen-bond acceptors (Lipinski definition) is 5. The molecule has 1 aliphatic rings. The van der Waals surface area contributed by atoms with E-state index in [4.69, 9.17) is 9.47 Å². The van der Waals surface area contributed by atoms with Gasteiger partial charge in [0.15, 0.2) is 0 Å². The van der Waals surface area contributed by atoms with Crippen LogP contribution in [0, 0.1) is 5.82 Å². The third-order valence-electron chi connectivity index (χ3n) is 3.91. The second-order valence-electron chi connectivity index (χ2n) is 5.71. The first-order chi connectivity index (χ1) is 12.6. The zero-order valence-electron chi connectivity index (χ0n) is 13.9. The predicted octanol–water partition coefficient (Wildman–Crippen LogP) is 2.70. The molecule has 2 aromatic rings. The van der Waals surface area contributed by atoms with Crippen LogP contribution in [0.3, 0.4) is 0 Å². The number of halogens is 4. The standard InChI is InChI=1S/C16H14F4N2O4S/c1-25-13-5-4-10(17)7-14(13)27(23,24)22-8-11(9-22)26-15-12(16(18,19)20)3-2-6-21-15/h2-7,11H,8-9H2,1H3. The zero-order chi connectivity index (χ0) is 19.8. The van der Waals surface area contributed by atoms with Gasteiger partial charge >= 0.3 is 6.18 Å². The van der Waals surface area contributed by atoms with Crippen LogP contribution in [-0.2, 0) is 16.2 Å². The van der Waals surface area contributed by atoms with Crippen LogP contribution >= 0.6 is 0 Å². The minimum Gasteiger partial charge on any atom is -0.495 e. The lowest BCUT2D eigenvalue weighted by atomic mass is 10.2. The fourth-order valence-corrected chi connectivity index (χ4v) is 4.19. The molecule has 6 nitrogen and oxygen atoms in total. The molecule has 0 radical (unpaired) electrons. The molecular weight excluding hydrogens is 392 g/mol. The minimum absolute atomic E-state index is 0.0372. The highest BCUT2D eigenvalue weighted by Gasteiger charge is 2.42. The summed E-state index contributed by atoms with van der Waals surface area (Å²) in [5.41, 5.74) is -1.04. The first kappa shape index (κ1) is 19.4. The summed E-state index contributed by atoms with van der Waals surface area (Å²) < 4.78 is 88.6. The topological polar surface area (TPSA) is 68.7 Å². The maximum absolute atomic E-state index is 13.4. The number of sulfonamides is 1. The van der Waals surface area contributed by atoms with Crippen molar-refractivity contribution < 1.29 is 35.5 Å². The van der Waals surface area contributed by atoms with Gasteiger partial charge in [-0.25, -0.2) is 17.8 Å². The molecule has 0 N–H and O–H groups in total. The second-order valence-corrected chi connectivity index (χ2v) is 7.62. The first-order valence-corrected chi connectivity index (χ1v) is 9.09. The van der Waals surface area contributed by atoms with Gasteiger partial charge in [-0.15, -0.1) is 0 Å². The Hall–Kier alpha value is -2.40. The van der Waals surface area contributed by atoms with E-state index in [1.807, 2.05) is 0 Å². The van der Waals surface area contributed by atoms with Gasteiger partial charge in [-0.05, 0) is 30.3 Å². The Morgan fingerprint density at radius 2 is 1.93 bits per heavy atom. The molecule has 1 saturated heterocycles. The summed E-state index contributed by atoms with van der Waals surface area (Å²) in [6.07, 6.45) is -4.31. The summed E-state index contributed by atoms with van der Waals surface area (Å²) in [6.45, 7) is -0.397. The van der Waals surface area contributed by atoms with Crippen LogP contribution in [0.4, 0.5) is 17.6 Å². The molecule has 0 bridgehead atoms. The molecule has 1 aromatic carbocycles. The Labute approximate surface area is 152 Å². The Bertz CT molecular complexity index is 944. The molecule has 0 amide bonds. The molecule has 0 aliphatic carbocycles. The quantitative estimate of drug-likeness (QED) is 0.715. The smallest absolute Gasteiger partial charge is 0.421 e. The largest absolute Gasteiger partial charge is 0.495 e. The van der Waals surface area contributed by atoms with Gasteiger partial charge in [-0.3, -0.25) is 0 Å². The number of rotatable bonds is 5. The number of methoxy groups -OCH3 is 1. The summed E-state index contributed by atoms with van der Waals surface area (Å²) >= 11 is 0. The molecule has 1 aromatic heterocycles. The molecule has 0 spiro atoms. The third kappa shape index (κ3) is 3.83. The molecule has 1 fully saturated rings. The van der Waals surface area contributed by atoms with Crippen molar-refractivity contribution in [3.63, 3.8) is 0 Å². The lowest BCUT2D eigenvalue weighted by Gasteiger charge is -2.37. The fourth-order valence-electron chi connectivity index (χ4n) is 2.52. The average molecular weight is 406 g/mol. The normalized spacial score (nSPS) is 16.0. The van der Waals surface area contributed by atoms with Gasteiger partial charge in [0.25, 0.3) is 0 Å². The number of ether oxygens (including phenoxy) is 2. The van der Waals surface area contributed by atoms with Crippen molar-refractivity contribution in [3.8, 4) is 11.6 Å². The van der Waals surface area contributed by atoms with Crippen molar-refractivity contribution in [2.45, 2.75) is 17.2 Å². The van der Waals surface area contributed by atoms with Gasteiger partial charge in [0, 0.05) is 6.20 Å². The predicted molar refractivity (Wildman–Crippen MR) is 85.4 cm³/mol. The maximum Gasteiger partial charge on any atom is 0.421 e. The molecule has 27 heavy (non-hydrogen) atoms. The summed E-state index contributed by atoms with van der Waals surface area (Å²) in [7, 11) is -2.84. The number of nitrogens with zero attached hydrogens (tertiary/aromatic N) is 2. The van der Waals surface area contributed by atoms with Crippen LogP contribution in [0.1, 0.15) is 5.56 Å². The van der Waals surface area contributed by atoms with E-state index >= 15 is 0 Å². The molecule has 0 unspecified atom stereocenters. The van der Waals surface area contributed by atoms with Crippen molar-refractivity contribution in [2.24, 2.45) is 0 Å². The molecule has 0 atom stereocenters. The molecule has 3 rings (SSSR count). The lowest BCUT2D eigenvalue weighted by Crippen LogP contribution is -2.56. The van der Waals surface area contributed by atoms with E-state index in [1.54, 1.807) is 0 Å². The van der Waals surface area contributed by atoms with E-state index in [-0.39, 0.29) is 23.7 Å². The van der Waals surface area contributed by atoms with E-state index in [0.29, 0.717) is 0 Å². The summed E-state index contributed by atoms with van der Waals surface area (Å²) in [5.74, 6) is -1.41. The third-order valence-corrected chi connectivity index (χ3v) is 5.77. The molecule has 11 heteroatoms. The van der Waals surface area contributed by atoms with Crippen molar-refractivity contribution >= 4 is 10.0 Å². The van der Waals surface area contributed by atoms with Crippen LogP contribution in [0.5, 0.6) is 11.6 Å². The molecular formula is C16H14F4N2O4S. The van der Waals surface area contributed by atoms with Gasteiger partial charge in [0.2, 0.25) is 15.9 Å². The van der Waals surface area contributed by atoms with Crippen molar-refractivity contribution in [1.29, 1.82) is 0 Å². The Morgan fingerprint density at radius 1 is 1.22 bits per heavy atom. The average Bonchev–Trinajstić information content (AvgIpc) is 2.57. The Morgan fingerprint density at radius 3 is 2.56 bits per heavy atom. The Kier molecular flexibility index (Phi) is 5.00. The van der Waals surface area contributed by atoms with Gasteiger partial charge in [0.1, 0.15) is 28.1 Å². The highest BCUT2D eigenvalue weighted by atomic mass is 32.2. The van der Waals surface area contributed by atoms with Gasteiger partial charge in [0.05, 0.1) is 20.2 Å². The highest BCUT2D eigenvalue weighted by Crippen LogP contribution is 2.36. The van der Waals surface area contributed by atoms with Gasteiger partial charge < -0.3 is 9.47 Å². The van der Waals surface area contributed by atoms with E-state index in [1.165, 1.54) is 13.2 Å². The molecule has 146 valence electrons. The number of benzene rings is 1. The molecule has 2 heterocycles. The van der Waals surface area contributed by atoms with Crippen LogP contribution in [0.25, 0.3) is 0 Å². The molecule has 1 aliphatic heterocycles. The van der Waals surface area contributed by atoms with Crippen LogP contribution in [0.15, 0.2) is 41.4 Å². The lowest BCUT2D eigenvalue weighted by molar-refractivity contribution is -0.140. The summed E-state index contributed by atoms with van der Waals surface area (Å²) in [4.78, 5) is 3.21. The summed E-state index contributed by atoms with van der Waals surface area (Å²) in [6, 6.07) is 5.01. The minimum atomic E-state index is -4.64. The van der Waals surface area contributed by atoms with Crippen LogP contribution < -0.4 is 9.47 Å². The number of pyridine rings is 1. The van der Waals surface area contributed by atoms with E-state index in [9.17, 15) is 26.0 Å². The van der Waals surface area contributed by atoms with Crippen LogP contribution in [-0.4, -0.2) is 44.0 Å². The number of alkyl halides is 3. The second kappa shape index (κ2) is 6.97. The number of aromatic nitrogens is 1. The maximum atomic E-state index is 13.4. The SMILES string of the molecule is COc1ccc(F)cc1S(=O)(=O)N1CC(Oc2ncccc2C(F)(F)F)C1. The van der Waals surface area contributed by atoms with E-state index in [0.717, 1.165) is 34.8 Å². The van der Waals surface area contributed by atoms with Crippen molar-refractivity contribution in [2.75, 3.05) is 20.2 Å². The number of hydrogen-bond donors (Lipinski definition) is 0. The van der Waals surface area contributed by atoms with Gasteiger partial charge in [-0.2, -0.15) is 17.5 Å². The van der Waals surface area contributed by atoms with Crippen molar-refractivity contribution in [1.82, 2.24) is 9.29 Å². The summed E-state index contributed by atoms with van der Waals surface area (Å²) in [5, 5.41) is 0. The fraction of sp³-hybridized carbons (Fsp3) is 0.312. The molecule has 0 saturated carbocycles. The van der Waals surface area contributed by atoms with Crippen LogP contribution in [0.2, 0.25) is 0 Å². The Balaban J connectivity index is 1.74. The first-order valence-electron chi connectivity index (χ1n) is 7.65. The van der Waals surface area contributed by atoms with Gasteiger partial charge in [-0.1, -0.05) is 0 Å². The zero-order valence-corrected chi connectivity index (χ0v) is 14.7. The van der Waals surface area contributed by atoms with E-state index in [2.05, 4.69) is 4.98 Å². The monoisotopic (exact) mass is 406 g/mol.